The first-order chi connectivity index (χ1) is 10.6. The topological polar surface area (TPSA) is 29.5 Å². The molecule has 0 bridgehead atoms. The molecule has 0 saturated heterocycles. The van der Waals surface area contributed by atoms with E-state index in [0.29, 0.717) is 42.5 Å². The average Bonchev–Trinajstić information content (AvgIpc) is 3.32. The lowest BCUT2D eigenvalue weighted by Gasteiger charge is -2.30. The lowest BCUT2D eigenvalue weighted by Crippen LogP contribution is -2.38. The Bertz CT molecular complexity index is 613. The fraction of sp³-hybridized carbons (Fsp3) is 0.471. The maximum atomic E-state index is 14.4. The molecule has 2 aliphatic rings. The lowest BCUT2D eigenvalue weighted by molar-refractivity contribution is -0.127. The van der Waals surface area contributed by atoms with Gasteiger partial charge in [-0.05, 0) is 44.2 Å². The average molecular weight is 415 g/mol. The van der Waals surface area contributed by atoms with Gasteiger partial charge in [-0.2, -0.15) is 0 Å². The van der Waals surface area contributed by atoms with Crippen molar-refractivity contribution in [3.05, 3.63) is 35.7 Å². The molecule has 0 N–H and O–H groups in total. The van der Waals surface area contributed by atoms with Crippen LogP contribution in [0.4, 0.5) is 4.39 Å². The van der Waals surface area contributed by atoms with Crippen molar-refractivity contribution in [3.63, 3.8) is 0 Å². The van der Waals surface area contributed by atoms with Gasteiger partial charge in [0.2, 0.25) is 5.91 Å². The van der Waals surface area contributed by atoms with Gasteiger partial charge in [-0.1, -0.05) is 28.7 Å². The van der Waals surface area contributed by atoms with E-state index in [1.165, 1.54) is 18.9 Å². The van der Waals surface area contributed by atoms with Crippen LogP contribution in [0.5, 0.6) is 5.75 Å². The summed E-state index contributed by atoms with van der Waals surface area (Å²) in [5, 5.41) is 0. The zero-order chi connectivity index (χ0) is 15.7. The van der Waals surface area contributed by atoms with Gasteiger partial charge in [-0.25, -0.2) is 4.39 Å². The van der Waals surface area contributed by atoms with E-state index in [9.17, 15) is 9.18 Å². The first kappa shape index (κ1) is 15.8. The van der Waals surface area contributed by atoms with E-state index in [1.54, 1.807) is 17.0 Å². The minimum atomic E-state index is -0.335. The van der Waals surface area contributed by atoms with E-state index >= 15 is 0 Å². The monoisotopic (exact) mass is 415 g/mol. The zero-order valence-corrected chi connectivity index (χ0v) is 14.7. The number of hydrogen-bond donors (Lipinski definition) is 0. The molecular weight excluding hydrogens is 396 g/mol. The number of allylic oxidation sites excluding steroid dienone is 1. The molecule has 1 aromatic rings. The van der Waals surface area contributed by atoms with Crippen LogP contribution in [0.25, 0.3) is 5.70 Å². The molecule has 0 spiro atoms. The molecule has 1 heterocycles. The van der Waals surface area contributed by atoms with Crippen molar-refractivity contribution in [2.75, 3.05) is 13.2 Å². The van der Waals surface area contributed by atoms with Crippen LogP contribution in [0.2, 0.25) is 0 Å². The Hall–Kier alpha value is -1.11. The molecule has 1 aliphatic heterocycles. The Morgan fingerprint density at radius 3 is 2.82 bits per heavy atom. The van der Waals surface area contributed by atoms with Crippen LogP contribution in [0, 0.1) is 11.7 Å². The largest absolute Gasteiger partial charge is 0.493 e. The van der Waals surface area contributed by atoms with Crippen molar-refractivity contribution in [3.8, 4) is 5.75 Å². The lowest BCUT2D eigenvalue weighted by atomic mass is 10.0. The molecule has 118 valence electrons. The highest BCUT2D eigenvalue weighted by Gasteiger charge is 2.29. The quantitative estimate of drug-likeness (QED) is 0.538. The van der Waals surface area contributed by atoms with Gasteiger partial charge >= 0.3 is 0 Å². The van der Waals surface area contributed by atoms with E-state index in [4.69, 9.17) is 4.74 Å². The second-order valence-corrected chi connectivity index (χ2v) is 7.27. The van der Waals surface area contributed by atoms with Crippen molar-refractivity contribution in [2.24, 2.45) is 5.92 Å². The molecule has 1 amide bonds. The van der Waals surface area contributed by atoms with Crippen LogP contribution < -0.4 is 4.74 Å². The Kier molecular flexibility index (Phi) is 4.70. The van der Waals surface area contributed by atoms with E-state index in [2.05, 4.69) is 22.6 Å². The molecule has 0 aromatic heterocycles. The van der Waals surface area contributed by atoms with Gasteiger partial charge in [0.05, 0.1) is 10.5 Å². The maximum absolute atomic E-state index is 14.4. The van der Waals surface area contributed by atoms with Crippen molar-refractivity contribution >= 4 is 34.2 Å². The third-order valence-electron chi connectivity index (χ3n) is 4.06. The molecule has 1 fully saturated rings. The van der Waals surface area contributed by atoms with Crippen molar-refractivity contribution in [2.45, 2.75) is 30.1 Å². The molecule has 3 rings (SSSR count). The number of hydrogen-bond acceptors (Lipinski definition) is 2. The Balaban J connectivity index is 1.82. The summed E-state index contributed by atoms with van der Waals surface area (Å²) in [6.45, 7) is 3.12. The van der Waals surface area contributed by atoms with Crippen LogP contribution in [-0.4, -0.2) is 27.9 Å². The zero-order valence-electron chi connectivity index (χ0n) is 12.5. The number of alkyl halides is 1. The van der Waals surface area contributed by atoms with Gasteiger partial charge < -0.3 is 9.64 Å². The minimum Gasteiger partial charge on any atom is -0.493 e. The number of nitrogens with zero attached hydrogens (tertiary/aromatic N) is 1. The fourth-order valence-electron chi connectivity index (χ4n) is 2.59. The second kappa shape index (κ2) is 6.56. The molecule has 1 aliphatic carbocycles. The maximum Gasteiger partial charge on any atom is 0.240 e. The summed E-state index contributed by atoms with van der Waals surface area (Å²) in [6.07, 6.45) is 5.01. The summed E-state index contributed by atoms with van der Waals surface area (Å²) >= 11 is 2.14. The highest BCUT2D eigenvalue weighted by atomic mass is 127. The Morgan fingerprint density at radius 2 is 2.18 bits per heavy atom. The summed E-state index contributed by atoms with van der Waals surface area (Å²) in [5.41, 5.74) is 1.14. The predicted molar refractivity (Wildman–Crippen MR) is 92.4 cm³/mol. The number of carbonyl (C=O) groups is 1. The van der Waals surface area contributed by atoms with E-state index in [1.807, 2.05) is 13.0 Å². The molecule has 3 nitrogen and oxygen atoms in total. The number of ether oxygens (including phenoxy) is 1. The number of benzene rings is 1. The summed E-state index contributed by atoms with van der Waals surface area (Å²) in [6, 6.07) is 4.93. The standard InChI is InChI=1S/C17H19FINO2/c1-2-20-16(8-7-15(19)17(20)21)13-6-5-12(9-14(13)18)22-10-11-3-4-11/h5-6,8-9,11,15H,2-4,7,10H2,1H3. The number of carbonyl (C=O) groups excluding carboxylic acids is 1. The first-order valence-electron chi connectivity index (χ1n) is 7.68. The summed E-state index contributed by atoms with van der Waals surface area (Å²) < 4.78 is 20.0. The Labute approximate surface area is 143 Å². The third-order valence-corrected chi connectivity index (χ3v) is 5.10. The van der Waals surface area contributed by atoms with E-state index < -0.39 is 0 Å². The molecule has 0 radical (unpaired) electrons. The van der Waals surface area contributed by atoms with Gasteiger partial charge in [-0.3, -0.25) is 4.79 Å². The van der Waals surface area contributed by atoms with E-state index in [-0.39, 0.29) is 15.6 Å². The van der Waals surface area contributed by atoms with Gasteiger partial charge in [0.1, 0.15) is 11.6 Å². The molecule has 1 aromatic carbocycles. The second-order valence-electron chi connectivity index (χ2n) is 5.77. The third kappa shape index (κ3) is 3.29. The Morgan fingerprint density at radius 1 is 1.41 bits per heavy atom. The van der Waals surface area contributed by atoms with Crippen LogP contribution in [0.15, 0.2) is 24.3 Å². The summed E-state index contributed by atoms with van der Waals surface area (Å²) in [7, 11) is 0. The fourth-order valence-corrected chi connectivity index (χ4v) is 3.18. The molecule has 5 heteroatoms. The van der Waals surface area contributed by atoms with Crippen LogP contribution in [0.3, 0.4) is 0 Å². The van der Waals surface area contributed by atoms with Crippen LogP contribution >= 0.6 is 22.6 Å². The smallest absolute Gasteiger partial charge is 0.240 e. The molecular formula is C17H19FINO2. The van der Waals surface area contributed by atoms with Gasteiger partial charge in [-0.15, -0.1) is 0 Å². The highest BCUT2D eigenvalue weighted by Crippen LogP contribution is 2.33. The van der Waals surface area contributed by atoms with Gasteiger partial charge in [0, 0.05) is 23.9 Å². The minimum absolute atomic E-state index is 0.0501. The van der Waals surface area contributed by atoms with Crippen molar-refractivity contribution in [1.82, 2.24) is 4.90 Å². The summed E-state index contributed by atoms with van der Waals surface area (Å²) in [4.78, 5) is 13.9. The van der Waals surface area contributed by atoms with Crippen molar-refractivity contribution < 1.29 is 13.9 Å². The predicted octanol–water partition coefficient (Wildman–Crippen LogP) is 4.01. The highest BCUT2D eigenvalue weighted by molar-refractivity contribution is 14.1. The van der Waals surface area contributed by atoms with Crippen molar-refractivity contribution in [1.29, 1.82) is 0 Å². The molecule has 1 saturated carbocycles. The van der Waals surface area contributed by atoms with Gasteiger partial charge in [0.15, 0.2) is 0 Å². The van der Waals surface area contributed by atoms with Crippen LogP contribution in [-0.2, 0) is 4.79 Å². The van der Waals surface area contributed by atoms with E-state index in [0.717, 1.165) is 0 Å². The molecule has 1 unspecified atom stereocenters. The number of amides is 1. The normalized spacial score (nSPS) is 21.8. The summed E-state index contributed by atoms with van der Waals surface area (Å²) in [5.74, 6) is 0.912. The van der Waals surface area contributed by atoms with Gasteiger partial charge in [0.25, 0.3) is 0 Å². The number of rotatable bonds is 5. The first-order valence-corrected chi connectivity index (χ1v) is 8.93. The van der Waals surface area contributed by atoms with Crippen LogP contribution in [0.1, 0.15) is 31.7 Å². The molecule has 1 atom stereocenters. The molecule has 22 heavy (non-hydrogen) atoms. The number of halogens is 2. The SMILES string of the molecule is CCN1C(=O)C(I)CC=C1c1ccc(OCC2CC2)cc1F.